The third-order valence-electron chi connectivity index (χ3n) is 5.42. The first-order chi connectivity index (χ1) is 16.4. The number of unbranched alkanes of at least 4 members (excludes halogenated alkanes) is 7. The molecule has 0 spiro atoms. The van der Waals surface area contributed by atoms with Crippen LogP contribution in [0.25, 0.3) is 0 Å². The van der Waals surface area contributed by atoms with Gasteiger partial charge in [0.2, 0.25) is 0 Å². The summed E-state index contributed by atoms with van der Waals surface area (Å²) in [7, 11) is 0. The van der Waals surface area contributed by atoms with Crippen LogP contribution in [-0.2, 0) is 4.79 Å². The Labute approximate surface area is 208 Å². The van der Waals surface area contributed by atoms with Gasteiger partial charge >= 0.3 is 11.9 Å². The van der Waals surface area contributed by atoms with Crippen LogP contribution < -0.4 is 14.2 Å². The highest BCUT2D eigenvalue weighted by atomic mass is 35.5. The van der Waals surface area contributed by atoms with Crippen molar-refractivity contribution in [1.29, 1.82) is 0 Å². The molecule has 0 aliphatic rings. The molecule has 0 heterocycles. The van der Waals surface area contributed by atoms with Crippen LogP contribution in [0.4, 0.5) is 0 Å². The highest BCUT2D eigenvalue weighted by Gasteiger charge is 2.21. The molecule has 186 valence electrons. The van der Waals surface area contributed by atoms with Crippen LogP contribution >= 0.6 is 11.6 Å². The van der Waals surface area contributed by atoms with Gasteiger partial charge in [-0.15, -0.1) is 11.6 Å². The Balaban J connectivity index is 1.71. The lowest BCUT2D eigenvalue weighted by molar-refractivity contribution is -0.134. The number of benzene rings is 2. The number of carbonyl (C=O) groups excluding carboxylic acids is 2. The molecular weight excluding hydrogens is 452 g/mol. The summed E-state index contributed by atoms with van der Waals surface area (Å²) in [5.74, 6) is 0.423. The topological polar surface area (TPSA) is 61.8 Å². The summed E-state index contributed by atoms with van der Waals surface area (Å²) >= 11 is 6.01. The fourth-order valence-corrected chi connectivity index (χ4v) is 3.34. The minimum atomic E-state index is -0.718. The van der Waals surface area contributed by atoms with E-state index in [0.717, 1.165) is 12.2 Å². The van der Waals surface area contributed by atoms with E-state index in [2.05, 4.69) is 6.92 Å². The minimum Gasteiger partial charge on any atom is -0.494 e. The van der Waals surface area contributed by atoms with E-state index in [4.69, 9.17) is 25.8 Å². The fourth-order valence-electron chi connectivity index (χ4n) is 3.30. The van der Waals surface area contributed by atoms with Gasteiger partial charge in [0.15, 0.2) is 0 Å². The van der Waals surface area contributed by atoms with Crippen molar-refractivity contribution >= 4 is 23.5 Å². The summed E-state index contributed by atoms with van der Waals surface area (Å²) in [5.41, 5.74) is 0.428. The molecule has 0 unspecified atom stereocenters. The van der Waals surface area contributed by atoms with E-state index in [0.29, 0.717) is 23.7 Å². The quantitative estimate of drug-likeness (QED) is 0.112. The van der Waals surface area contributed by atoms with Crippen LogP contribution in [0.5, 0.6) is 17.2 Å². The van der Waals surface area contributed by atoms with Gasteiger partial charge in [-0.2, -0.15) is 0 Å². The zero-order chi connectivity index (χ0) is 24.8. The summed E-state index contributed by atoms with van der Waals surface area (Å²) in [5, 5.41) is -0.718. The fraction of sp³-hybridized carbons (Fsp3) is 0.500. The Bertz CT molecular complexity index is 861. The summed E-state index contributed by atoms with van der Waals surface area (Å²) < 4.78 is 16.4. The van der Waals surface area contributed by atoms with Crippen molar-refractivity contribution in [3.63, 3.8) is 0 Å². The van der Waals surface area contributed by atoms with E-state index in [1.807, 2.05) is 13.8 Å². The van der Waals surface area contributed by atoms with Crippen LogP contribution in [0.1, 0.15) is 82.5 Å². The van der Waals surface area contributed by atoms with Crippen molar-refractivity contribution in [3.8, 4) is 17.2 Å². The van der Waals surface area contributed by atoms with E-state index in [9.17, 15) is 9.59 Å². The van der Waals surface area contributed by atoms with Crippen molar-refractivity contribution in [1.82, 2.24) is 0 Å². The van der Waals surface area contributed by atoms with Crippen LogP contribution in [0.3, 0.4) is 0 Å². The molecule has 0 aliphatic heterocycles. The van der Waals surface area contributed by atoms with E-state index in [-0.39, 0.29) is 5.92 Å². The molecule has 2 aromatic carbocycles. The average molecular weight is 489 g/mol. The first-order valence-electron chi connectivity index (χ1n) is 12.3. The number of ether oxygens (including phenoxy) is 3. The molecule has 0 saturated heterocycles. The van der Waals surface area contributed by atoms with Gasteiger partial charge in [0, 0.05) is 0 Å². The molecule has 0 bridgehead atoms. The van der Waals surface area contributed by atoms with Crippen LogP contribution in [-0.4, -0.2) is 23.9 Å². The number of alkyl halides is 1. The summed E-state index contributed by atoms with van der Waals surface area (Å²) in [6.45, 7) is 6.60. The molecule has 0 N–H and O–H groups in total. The van der Waals surface area contributed by atoms with Gasteiger partial charge in [0.1, 0.15) is 22.6 Å². The second-order valence-corrected chi connectivity index (χ2v) is 9.25. The molecular formula is C28H37ClO5. The zero-order valence-electron chi connectivity index (χ0n) is 20.6. The average Bonchev–Trinajstić information content (AvgIpc) is 2.84. The van der Waals surface area contributed by atoms with Gasteiger partial charge in [0.25, 0.3) is 0 Å². The summed E-state index contributed by atoms with van der Waals surface area (Å²) in [4.78, 5) is 24.3. The highest BCUT2D eigenvalue weighted by molar-refractivity contribution is 6.30. The maximum absolute atomic E-state index is 12.4. The number of rotatable bonds is 15. The van der Waals surface area contributed by atoms with E-state index >= 15 is 0 Å². The number of halogens is 1. The van der Waals surface area contributed by atoms with Gasteiger partial charge in [-0.05, 0) is 60.9 Å². The molecule has 5 nitrogen and oxygen atoms in total. The highest BCUT2D eigenvalue weighted by Crippen LogP contribution is 2.21. The summed E-state index contributed by atoms with van der Waals surface area (Å²) in [6.07, 6.45) is 10.1. The smallest absolute Gasteiger partial charge is 0.343 e. The van der Waals surface area contributed by atoms with Crippen molar-refractivity contribution in [3.05, 3.63) is 54.1 Å². The lowest BCUT2D eigenvalue weighted by atomic mass is 10.1. The standard InChI is InChI=1S/C28H37ClO5/c1-4-5-6-7-8-9-10-11-20-32-23-14-12-22(13-15-23)27(30)33-24-16-18-25(19-17-24)34-28(31)26(29)21(2)3/h12-19,21,26H,4-11,20H2,1-3H3/t26-/m1/s1. The summed E-state index contributed by atoms with van der Waals surface area (Å²) in [6, 6.07) is 13.2. The van der Waals surface area contributed by atoms with E-state index in [1.165, 1.54) is 44.9 Å². The largest absolute Gasteiger partial charge is 0.494 e. The van der Waals surface area contributed by atoms with Gasteiger partial charge in [-0.3, -0.25) is 4.79 Å². The van der Waals surface area contributed by atoms with Gasteiger partial charge in [0.05, 0.1) is 12.2 Å². The van der Waals surface area contributed by atoms with Gasteiger partial charge in [-0.25, -0.2) is 4.79 Å². The molecule has 0 saturated carbocycles. The predicted octanol–water partition coefficient (Wildman–Crippen LogP) is 7.59. The van der Waals surface area contributed by atoms with Gasteiger partial charge < -0.3 is 14.2 Å². The molecule has 0 amide bonds. The van der Waals surface area contributed by atoms with Crippen molar-refractivity contribution in [2.45, 2.75) is 77.5 Å². The lowest BCUT2D eigenvalue weighted by Gasteiger charge is -2.12. The molecule has 34 heavy (non-hydrogen) atoms. The van der Waals surface area contributed by atoms with Crippen LogP contribution in [0.2, 0.25) is 0 Å². The maximum atomic E-state index is 12.4. The van der Waals surface area contributed by atoms with Crippen LogP contribution in [0.15, 0.2) is 48.5 Å². The Hall–Kier alpha value is -2.53. The Morgan fingerprint density at radius 3 is 1.79 bits per heavy atom. The van der Waals surface area contributed by atoms with Crippen molar-refractivity contribution in [2.24, 2.45) is 5.92 Å². The van der Waals surface area contributed by atoms with E-state index < -0.39 is 17.3 Å². The number of hydrogen-bond donors (Lipinski definition) is 0. The number of esters is 2. The third kappa shape index (κ3) is 10.2. The Morgan fingerprint density at radius 1 is 0.735 bits per heavy atom. The third-order valence-corrected chi connectivity index (χ3v) is 6.10. The van der Waals surface area contributed by atoms with Crippen molar-refractivity contribution in [2.75, 3.05) is 6.61 Å². The maximum Gasteiger partial charge on any atom is 0.343 e. The number of carbonyl (C=O) groups is 2. The lowest BCUT2D eigenvalue weighted by Crippen LogP contribution is -2.25. The second-order valence-electron chi connectivity index (χ2n) is 8.78. The number of hydrogen-bond acceptors (Lipinski definition) is 5. The van der Waals surface area contributed by atoms with Crippen LogP contribution in [0, 0.1) is 5.92 Å². The Morgan fingerprint density at radius 2 is 1.24 bits per heavy atom. The van der Waals surface area contributed by atoms with Gasteiger partial charge in [-0.1, -0.05) is 65.7 Å². The first kappa shape index (κ1) is 27.7. The molecule has 2 aromatic rings. The molecule has 6 heteroatoms. The predicted molar refractivity (Wildman–Crippen MR) is 136 cm³/mol. The Kier molecular flexibility index (Phi) is 12.5. The molecule has 0 radical (unpaired) electrons. The molecule has 0 aromatic heterocycles. The normalized spacial score (nSPS) is 11.8. The van der Waals surface area contributed by atoms with E-state index in [1.54, 1.807) is 48.5 Å². The monoisotopic (exact) mass is 488 g/mol. The van der Waals surface area contributed by atoms with Crippen molar-refractivity contribution < 1.29 is 23.8 Å². The SMILES string of the molecule is CCCCCCCCCCOc1ccc(C(=O)Oc2ccc(OC(=O)[C@H](Cl)C(C)C)cc2)cc1. The molecule has 0 aliphatic carbocycles. The first-order valence-corrected chi connectivity index (χ1v) is 12.7. The minimum absolute atomic E-state index is 0.0312. The second kappa shape index (κ2) is 15.4. The molecule has 1 atom stereocenters. The molecule has 2 rings (SSSR count). The molecule has 0 fully saturated rings. The zero-order valence-corrected chi connectivity index (χ0v) is 21.3.